The first kappa shape index (κ1) is 14.9. The Kier molecular flexibility index (Phi) is 5.45. The Hall–Kier alpha value is -1.51. The molecule has 0 saturated heterocycles. The number of anilines is 1. The van der Waals surface area contributed by atoms with E-state index in [0.29, 0.717) is 0 Å². The lowest BCUT2D eigenvalue weighted by molar-refractivity contribution is 0.0938. The van der Waals surface area contributed by atoms with Crippen LogP contribution < -0.4 is 10.6 Å². The number of hydrogen-bond donors (Lipinski definition) is 2. The second kappa shape index (κ2) is 7.32. The monoisotopic (exact) mass is 274 g/mol. The maximum atomic E-state index is 12.4. The van der Waals surface area contributed by atoms with Gasteiger partial charge in [-0.1, -0.05) is 38.3 Å². The quantitative estimate of drug-likeness (QED) is 0.776. The molecule has 0 aliphatic carbocycles. The highest BCUT2D eigenvalue weighted by Crippen LogP contribution is 2.26. The molecule has 0 radical (unpaired) electrons. The van der Waals surface area contributed by atoms with E-state index in [1.807, 2.05) is 12.1 Å². The Morgan fingerprint density at radius 2 is 2.25 bits per heavy atom. The third-order valence-electron chi connectivity index (χ3n) is 3.94. The van der Waals surface area contributed by atoms with Gasteiger partial charge in [-0.2, -0.15) is 0 Å². The van der Waals surface area contributed by atoms with Crippen LogP contribution in [0.2, 0.25) is 0 Å². The molecule has 1 heterocycles. The van der Waals surface area contributed by atoms with Crippen molar-refractivity contribution in [3.8, 4) is 0 Å². The molecule has 2 rings (SSSR count). The Morgan fingerprint density at radius 3 is 3.05 bits per heavy atom. The molecule has 20 heavy (non-hydrogen) atoms. The zero-order chi connectivity index (χ0) is 14.4. The van der Waals surface area contributed by atoms with Crippen LogP contribution in [0.1, 0.15) is 61.9 Å². The molecule has 0 saturated carbocycles. The molecule has 1 aromatic rings. The molecule has 110 valence electrons. The molecule has 0 fully saturated rings. The highest BCUT2D eigenvalue weighted by atomic mass is 16.1. The number of benzene rings is 1. The summed E-state index contributed by atoms with van der Waals surface area (Å²) in [5.41, 5.74) is 3.10. The van der Waals surface area contributed by atoms with Gasteiger partial charge in [0.2, 0.25) is 0 Å². The van der Waals surface area contributed by atoms with Crippen molar-refractivity contribution in [1.82, 2.24) is 5.32 Å². The minimum absolute atomic E-state index is 0.0558. The minimum Gasteiger partial charge on any atom is -0.384 e. The van der Waals surface area contributed by atoms with Crippen molar-refractivity contribution in [3.05, 3.63) is 29.3 Å². The first-order valence-electron chi connectivity index (χ1n) is 7.89. The van der Waals surface area contributed by atoms with E-state index in [-0.39, 0.29) is 11.9 Å². The van der Waals surface area contributed by atoms with Crippen LogP contribution in [0.5, 0.6) is 0 Å². The van der Waals surface area contributed by atoms with Gasteiger partial charge in [0.05, 0.1) is 11.3 Å². The highest BCUT2D eigenvalue weighted by molar-refractivity contribution is 6.00. The number of aryl methyl sites for hydroxylation is 1. The smallest absolute Gasteiger partial charge is 0.253 e. The van der Waals surface area contributed by atoms with E-state index in [1.54, 1.807) is 0 Å². The second-order valence-corrected chi connectivity index (χ2v) is 5.74. The molecule has 0 aromatic heterocycles. The van der Waals surface area contributed by atoms with Crippen LogP contribution in [-0.2, 0) is 6.42 Å². The van der Waals surface area contributed by atoms with Crippen molar-refractivity contribution < 1.29 is 4.79 Å². The Morgan fingerprint density at radius 1 is 1.40 bits per heavy atom. The van der Waals surface area contributed by atoms with Gasteiger partial charge in [0.15, 0.2) is 0 Å². The molecule has 1 aliphatic rings. The molecule has 1 aromatic carbocycles. The van der Waals surface area contributed by atoms with E-state index in [2.05, 4.69) is 30.5 Å². The average molecular weight is 274 g/mol. The van der Waals surface area contributed by atoms with Gasteiger partial charge in [-0.05, 0) is 37.8 Å². The SMILES string of the molecule is CCCCCC(C)NC(=O)c1cccc2c1NCCC2. The van der Waals surface area contributed by atoms with E-state index >= 15 is 0 Å². The van der Waals surface area contributed by atoms with Gasteiger partial charge in [-0.15, -0.1) is 0 Å². The molecular formula is C17H26N2O. The number of carbonyl (C=O) groups is 1. The summed E-state index contributed by atoms with van der Waals surface area (Å²) < 4.78 is 0. The van der Waals surface area contributed by atoms with Crippen molar-refractivity contribution in [2.24, 2.45) is 0 Å². The summed E-state index contributed by atoms with van der Waals surface area (Å²) in [6, 6.07) is 6.27. The van der Waals surface area contributed by atoms with Crippen LogP contribution in [0, 0.1) is 0 Å². The van der Waals surface area contributed by atoms with Crippen molar-refractivity contribution in [1.29, 1.82) is 0 Å². The topological polar surface area (TPSA) is 41.1 Å². The van der Waals surface area contributed by atoms with Gasteiger partial charge in [0, 0.05) is 12.6 Å². The lowest BCUT2D eigenvalue weighted by atomic mass is 9.99. The van der Waals surface area contributed by atoms with Gasteiger partial charge in [0.25, 0.3) is 5.91 Å². The van der Waals surface area contributed by atoms with Crippen molar-refractivity contribution >= 4 is 11.6 Å². The van der Waals surface area contributed by atoms with E-state index in [0.717, 1.165) is 37.1 Å². The minimum atomic E-state index is 0.0558. The van der Waals surface area contributed by atoms with E-state index in [4.69, 9.17) is 0 Å². The Bertz CT molecular complexity index is 456. The lowest BCUT2D eigenvalue weighted by Crippen LogP contribution is -2.33. The molecule has 3 heteroatoms. The highest BCUT2D eigenvalue weighted by Gasteiger charge is 2.18. The normalized spacial score (nSPS) is 15.1. The van der Waals surface area contributed by atoms with E-state index < -0.39 is 0 Å². The zero-order valence-electron chi connectivity index (χ0n) is 12.7. The summed E-state index contributed by atoms with van der Waals surface area (Å²) in [7, 11) is 0. The van der Waals surface area contributed by atoms with Crippen molar-refractivity contribution in [3.63, 3.8) is 0 Å². The number of unbranched alkanes of at least 4 members (excludes halogenated alkanes) is 2. The van der Waals surface area contributed by atoms with Gasteiger partial charge < -0.3 is 10.6 Å². The van der Waals surface area contributed by atoms with E-state index in [9.17, 15) is 4.79 Å². The maximum absolute atomic E-state index is 12.4. The number of fused-ring (bicyclic) bond motifs is 1. The fourth-order valence-corrected chi connectivity index (χ4v) is 2.77. The third-order valence-corrected chi connectivity index (χ3v) is 3.94. The summed E-state index contributed by atoms with van der Waals surface area (Å²) >= 11 is 0. The predicted octanol–water partition coefficient (Wildman–Crippen LogP) is 3.74. The van der Waals surface area contributed by atoms with Crippen molar-refractivity contribution in [2.45, 2.75) is 58.4 Å². The summed E-state index contributed by atoms with van der Waals surface area (Å²) in [4.78, 5) is 12.4. The largest absolute Gasteiger partial charge is 0.384 e. The molecule has 1 amide bonds. The van der Waals surface area contributed by atoms with Gasteiger partial charge in [-0.3, -0.25) is 4.79 Å². The van der Waals surface area contributed by atoms with Gasteiger partial charge >= 0.3 is 0 Å². The van der Waals surface area contributed by atoms with Crippen LogP contribution in [0.15, 0.2) is 18.2 Å². The molecule has 2 N–H and O–H groups in total. The van der Waals surface area contributed by atoms with Crippen LogP contribution >= 0.6 is 0 Å². The molecular weight excluding hydrogens is 248 g/mol. The molecule has 0 spiro atoms. The molecule has 1 unspecified atom stereocenters. The van der Waals surface area contributed by atoms with Crippen LogP contribution in [-0.4, -0.2) is 18.5 Å². The number of nitrogens with one attached hydrogen (secondary N) is 2. The Balaban J connectivity index is 1.99. The molecule has 1 aliphatic heterocycles. The number of amides is 1. The predicted molar refractivity (Wildman–Crippen MR) is 84.3 cm³/mol. The summed E-state index contributed by atoms with van der Waals surface area (Å²) in [6.07, 6.45) is 6.91. The Labute approximate surface area is 122 Å². The van der Waals surface area contributed by atoms with E-state index in [1.165, 1.54) is 24.8 Å². The van der Waals surface area contributed by atoms with Crippen LogP contribution in [0.4, 0.5) is 5.69 Å². The van der Waals surface area contributed by atoms with Crippen molar-refractivity contribution in [2.75, 3.05) is 11.9 Å². The van der Waals surface area contributed by atoms with Gasteiger partial charge in [0.1, 0.15) is 0 Å². The van der Waals surface area contributed by atoms with Crippen LogP contribution in [0.3, 0.4) is 0 Å². The maximum Gasteiger partial charge on any atom is 0.253 e. The molecule has 0 bridgehead atoms. The second-order valence-electron chi connectivity index (χ2n) is 5.74. The average Bonchev–Trinajstić information content (AvgIpc) is 2.47. The number of para-hydroxylation sites is 1. The van der Waals surface area contributed by atoms with Gasteiger partial charge in [-0.25, -0.2) is 0 Å². The standard InChI is InChI=1S/C17H26N2O/c1-3-4-5-8-13(2)19-17(20)15-11-6-9-14-10-7-12-18-16(14)15/h6,9,11,13,18H,3-5,7-8,10,12H2,1-2H3,(H,19,20). The number of carbonyl (C=O) groups excluding carboxylic acids is 1. The molecule has 3 nitrogen and oxygen atoms in total. The summed E-state index contributed by atoms with van der Waals surface area (Å²) in [6.45, 7) is 5.25. The molecule has 1 atom stereocenters. The lowest BCUT2D eigenvalue weighted by Gasteiger charge is -2.22. The summed E-state index contributed by atoms with van der Waals surface area (Å²) in [5, 5.41) is 6.50. The first-order valence-corrected chi connectivity index (χ1v) is 7.89. The fraction of sp³-hybridized carbons (Fsp3) is 0.588. The summed E-state index contributed by atoms with van der Waals surface area (Å²) in [5.74, 6) is 0.0558. The number of hydrogen-bond acceptors (Lipinski definition) is 2. The zero-order valence-corrected chi connectivity index (χ0v) is 12.7. The number of rotatable bonds is 6. The first-order chi connectivity index (χ1) is 9.72. The third kappa shape index (κ3) is 3.75. The fourth-order valence-electron chi connectivity index (χ4n) is 2.77. The van der Waals surface area contributed by atoms with Crippen LogP contribution in [0.25, 0.3) is 0 Å².